The van der Waals surface area contributed by atoms with Crippen LogP contribution >= 0.6 is 27.5 Å². The molecule has 2 atom stereocenters. The lowest BCUT2D eigenvalue weighted by Gasteiger charge is -2.43. The smallest absolute Gasteiger partial charge is 0.329 e. The van der Waals surface area contributed by atoms with Crippen molar-refractivity contribution in [1.82, 2.24) is 5.32 Å². The number of urea groups is 1. The molecule has 0 bridgehead atoms. The van der Waals surface area contributed by atoms with Crippen molar-refractivity contribution in [3.8, 4) is 0 Å². The minimum absolute atomic E-state index is 0.241. The molecule has 170 valence electrons. The molecule has 8 heteroatoms. The summed E-state index contributed by atoms with van der Waals surface area (Å²) in [5.41, 5.74) is -0.151. The number of benzene rings is 3. The molecule has 1 aliphatic rings. The third-order valence-electron chi connectivity index (χ3n) is 5.61. The lowest BCUT2D eigenvalue weighted by Crippen LogP contribution is -2.63. The van der Waals surface area contributed by atoms with Crippen molar-refractivity contribution in [2.24, 2.45) is 0 Å². The van der Waals surface area contributed by atoms with Gasteiger partial charge in [-0.25, -0.2) is 4.79 Å². The van der Waals surface area contributed by atoms with Gasteiger partial charge in [0, 0.05) is 26.8 Å². The molecular weight excluding hydrogens is 506 g/mol. The number of halogens is 2. The number of aryl methyl sites for hydroxylation is 1. The lowest BCUT2D eigenvalue weighted by atomic mass is 9.94. The fourth-order valence-electron chi connectivity index (χ4n) is 3.89. The Morgan fingerprint density at radius 1 is 1.15 bits per heavy atom. The second-order valence-corrected chi connectivity index (χ2v) is 9.35. The van der Waals surface area contributed by atoms with E-state index in [0.29, 0.717) is 27.3 Å². The summed E-state index contributed by atoms with van der Waals surface area (Å²) in [5.74, 6) is -0.688. The van der Waals surface area contributed by atoms with Crippen molar-refractivity contribution in [2.75, 3.05) is 10.2 Å². The van der Waals surface area contributed by atoms with Crippen molar-refractivity contribution < 1.29 is 14.7 Å². The number of carbonyl (C=O) groups is 2. The van der Waals surface area contributed by atoms with Gasteiger partial charge in [-0.05, 0) is 67.8 Å². The molecule has 0 radical (unpaired) electrons. The fourth-order valence-corrected chi connectivity index (χ4v) is 4.38. The molecule has 33 heavy (non-hydrogen) atoms. The van der Waals surface area contributed by atoms with E-state index in [-0.39, 0.29) is 11.6 Å². The van der Waals surface area contributed by atoms with E-state index in [1.54, 1.807) is 42.5 Å². The highest BCUT2D eigenvalue weighted by atomic mass is 79.9. The standard InChI is InChI=1S/C25H23BrClN3O3/c1-16(7-8-17-5-3-2-4-6-17)28-23(31)25(33)21-15-18(26)9-14-22(21)29-24(32)30(25)20-12-10-19(27)11-13-20/h2-6,9-16,33H,7-8H2,1H3,(H,28,31)(H,29,32)/t16-,25+/m1/s1. The Morgan fingerprint density at radius 2 is 1.85 bits per heavy atom. The molecule has 0 aliphatic carbocycles. The van der Waals surface area contributed by atoms with E-state index < -0.39 is 17.7 Å². The highest BCUT2D eigenvalue weighted by Crippen LogP contribution is 2.41. The first-order valence-corrected chi connectivity index (χ1v) is 11.7. The van der Waals surface area contributed by atoms with Gasteiger partial charge in [0.25, 0.3) is 11.6 Å². The molecule has 4 rings (SSSR count). The van der Waals surface area contributed by atoms with E-state index in [0.717, 1.165) is 16.9 Å². The first-order chi connectivity index (χ1) is 15.8. The molecule has 0 saturated heterocycles. The zero-order chi connectivity index (χ0) is 23.6. The predicted molar refractivity (Wildman–Crippen MR) is 133 cm³/mol. The Bertz CT molecular complexity index is 1170. The molecule has 0 saturated carbocycles. The summed E-state index contributed by atoms with van der Waals surface area (Å²) in [6.07, 6.45) is 1.44. The van der Waals surface area contributed by atoms with Crippen LogP contribution in [0.5, 0.6) is 0 Å². The Balaban J connectivity index is 1.67. The van der Waals surface area contributed by atoms with E-state index in [1.807, 2.05) is 37.3 Å². The molecule has 0 fully saturated rings. The number of amides is 3. The molecule has 6 nitrogen and oxygen atoms in total. The van der Waals surface area contributed by atoms with Crippen molar-refractivity contribution in [3.05, 3.63) is 93.4 Å². The molecule has 3 aromatic rings. The summed E-state index contributed by atoms with van der Waals surface area (Å²) in [7, 11) is 0. The van der Waals surface area contributed by atoms with Gasteiger partial charge in [0.05, 0.1) is 5.69 Å². The zero-order valence-corrected chi connectivity index (χ0v) is 20.2. The summed E-state index contributed by atoms with van der Waals surface area (Å²) >= 11 is 9.41. The maximum absolute atomic E-state index is 13.6. The number of aliphatic hydroxyl groups is 1. The third kappa shape index (κ3) is 4.76. The van der Waals surface area contributed by atoms with Crippen LogP contribution in [0.1, 0.15) is 24.5 Å². The molecule has 1 heterocycles. The van der Waals surface area contributed by atoms with E-state index in [2.05, 4.69) is 26.6 Å². The van der Waals surface area contributed by atoms with E-state index in [1.165, 1.54) is 0 Å². The van der Waals surface area contributed by atoms with Gasteiger partial charge >= 0.3 is 6.03 Å². The van der Waals surface area contributed by atoms with Crippen LogP contribution in [0, 0.1) is 0 Å². The number of anilines is 2. The van der Waals surface area contributed by atoms with E-state index in [9.17, 15) is 14.7 Å². The number of nitrogens with zero attached hydrogens (tertiary/aromatic N) is 1. The van der Waals surface area contributed by atoms with Gasteiger partial charge in [0.2, 0.25) is 0 Å². The van der Waals surface area contributed by atoms with E-state index >= 15 is 0 Å². The highest BCUT2D eigenvalue weighted by Gasteiger charge is 2.52. The quantitative estimate of drug-likeness (QED) is 0.399. The molecule has 0 unspecified atom stereocenters. The molecule has 1 aliphatic heterocycles. The van der Waals surface area contributed by atoms with Crippen LogP contribution in [0.4, 0.5) is 16.2 Å². The van der Waals surface area contributed by atoms with Gasteiger partial charge in [-0.2, -0.15) is 0 Å². The summed E-state index contributed by atoms with van der Waals surface area (Å²) in [4.78, 5) is 27.7. The van der Waals surface area contributed by atoms with Crippen LogP contribution in [-0.4, -0.2) is 23.1 Å². The van der Waals surface area contributed by atoms with Crippen molar-refractivity contribution in [2.45, 2.75) is 31.5 Å². The van der Waals surface area contributed by atoms with Crippen LogP contribution in [-0.2, 0) is 16.9 Å². The largest absolute Gasteiger partial charge is 0.359 e. The summed E-state index contributed by atoms with van der Waals surface area (Å²) in [6.45, 7) is 1.88. The maximum Gasteiger partial charge on any atom is 0.329 e. The Kier molecular flexibility index (Phi) is 6.74. The Morgan fingerprint density at radius 3 is 2.55 bits per heavy atom. The number of hydrogen-bond donors (Lipinski definition) is 3. The number of rotatable bonds is 6. The third-order valence-corrected chi connectivity index (χ3v) is 6.36. The molecule has 3 aromatic carbocycles. The monoisotopic (exact) mass is 527 g/mol. The summed E-state index contributed by atoms with van der Waals surface area (Å²) < 4.78 is 0.664. The van der Waals surface area contributed by atoms with Crippen molar-refractivity contribution >= 4 is 50.8 Å². The topological polar surface area (TPSA) is 81.7 Å². The molecule has 0 spiro atoms. The average Bonchev–Trinajstić information content (AvgIpc) is 2.80. The Hall–Kier alpha value is -2.87. The highest BCUT2D eigenvalue weighted by molar-refractivity contribution is 9.10. The van der Waals surface area contributed by atoms with Gasteiger partial charge < -0.3 is 15.7 Å². The summed E-state index contributed by atoms with van der Waals surface area (Å²) in [5, 5.41) is 18.0. The molecule has 3 N–H and O–H groups in total. The molecular formula is C25H23BrClN3O3. The minimum atomic E-state index is -2.27. The first-order valence-electron chi connectivity index (χ1n) is 10.5. The van der Waals surface area contributed by atoms with Gasteiger partial charge in [-0.3, -0.25) is 9.69 Å². The fraction of sp³-hybridized carbons (Fsp3) is 0.200. The first kappa shape index (κ1) is 23.3. The second kappa shape index (κ2) is 9.55. The SMILES string of the molecule is C[C@H](CCc1ccccc1)NC(=O)[C@@]1(O)c2cc(Br)ccc2NC(=O)N1c1ccc(Cl)cc1. The van der Waals surface area contributed by atoms with Gasteiger partial charge in [0.1, 0.15) is 0 Å². The van der Waals surface area contributed by atoms with Gasteiger partial charge in [0.15, 0.2) is 0 Å². The maximum atomic E-state index is 13.6. The molecule has 3 amide bonds. The van der Waals surface area contributed by atoms with Crippen LogP contribution in [0.25, 0.3) is 0 Å². The van der Waals surface area contributed by atoms with Gasteiger partial charge in [-0.15, -0.1) is 0 Å². The van der Waals surface area contributed by atoms with Gasteiger partial charge in [-0.1, -0.05) is 57.9 Å². The molecule has 0 aromatic heterocycles. The van der Waals surface area contributed by atoms with E-state index in [4.69, 9.17) is 11.6 Å². The minimum Gasteiger partial charge on any atom is -0.359 e. The predicted octanol–water partition coefficient (Wildman–Crippen LogP) is 5.44. The van der Waals surface area contributed by atoms with Crippen molar-refractivity contribution in [3.63, 3.8) is 0 Å². The number of nitrogens with one attached hydrogen (secondary N) is 2. The zero-order valence-electron chi connectivity index (χ0n) is 17.9. The number of carbonyl (C=O) groups excluding carboxylic acids is 2. The van der Waals surface area contributed by atoms with Crippen LogP contribution in [0.15, 0.2) is 77.3 Å². The lowest BCUT2D eigenvalue weighted by molar-refractivity contribution is -0.141. The number of fused-ring (bicyclic) bond motifs is 1. The Labute approximate surface area is 205 Å². The van der Waals surface area contributed by atoms with Crippen LogP contribution in [0.3, 0.4) is 0 Å². The average molecular weight is 529 g/mol. The number of hydrogen-bond acceptors (Lipinski definition) is 3. The second-order valence-electron chi connectivity index (χ2n) is 8.00. The normalized spacial score (nSPS) is 18.3. The van der Waals surface area contributed by atoms with Crippen LogP contribution in [0.2, 0.25) is 5.02 Å². The summed E-state index contributed by atoms with van der Waals surface area (Å²) in [6, 6.07) is 20.5. The van der Waals surface area contributed by atoms with Crippen LogP contribution < -0.4 is 15.5 Å². The van der Waals surface area contributed by atoms with Crippen molar-refractivity contribution in [1.29, 1.82) is 0 Å².